The fourth-order valence-corrected chi connectivity index (χ4v) is 5.16. The van der Waals surface area contributed by atoms with Crippen LogP contribution in [0.25, 0.3) is 0 Å². The van der Waals surface area contributed by atoms with E-state index in [0.717, 1.165) is 35.7 Å². The van der Waals surface area contributed by atoms with Gasteiger partial charge < -0.3 is 25.8 Å². The normalized spacial score (nSPS) is 29.7. The zero-order valence-corrected chi connectivity index (χ0v) is 21.0. The van der Waals surface area contributed by atoms with Gasteiger partial charge >= 0.3 is 0 Å². The summed E-state index contributed by atoms with van der Waals surface area (Å²) in [6.45, 7) is 9.95. The number of allylic oxidation sites excluding steroid dienone is 2. The van der Waals surface area contributed by atoms with Crippen molar-refractivity contribution in [2.24, 2.45) is 22.6 Å². The lowest BCUT2D eigenvalue weighted by molar-refractivity contribution is 0.0785. The first-order chi connectivity index (χ1) is 17.4. The lowest BCUT2D eigenvalue weighted by Gasteiger charge is -2.40. The number of ether oxygens (including phenoxy) is 1. The molecule has 2 aliphatic heterocycles. The highest BCUT2D eigenvalue weighted by atomic mass is 16.5. The van der Waals surface area contributed by atoms with Crippen LogP contribution in [-0.4, -0.2) is 47.8 Å². The number of pyridine rings is 1. The van der Waals surface area contributed by atoms with Gasteiger partial charge in [-0.2, -0.15) is 0 Å². The van der Waals surface area contributed by atoms with Gasteiger partial charge in [-0.15, -0.1) is 0 Å². The molecule has 0 bridgehead atoms. The number of aliphatic hydroxyl groups is 1. The van der Waals surface area contributed by atoms with E-state index >= 15 is 0 Å². The zero-order chi connectivity index (χ0) is 25.2. The van der Waals surface area contributed by atoms with Gasteiger partial charge in [0, 0.05) is 42.7 Å². The number of nitrogens with two attached hydrogens (primary N) is 1. The largest absolute Gasteiger partial charge is 0.442 e. The van der Waals surface area contributed by atoms with Crippen LogP contribution in [0, 0.1) is 11.8 Å². The maximum atomic E-state index is 10.2. The van der Waals surface area contributed by atoms with Gasteiger partial charge in [0.05, 0.1) is 35.9 Å². The van der Waals surface area contributed by atoms with E-state index in [0.29, 0.717) is 36.5 Å². The number of hydrogen-bond acceptors (Lipinski definition) is 7. The second-order valence-corrected chi connectivity index (χ2v) is 10.0. The average Bonchev–Trinajstić information content (AvgIpc) is 3.60. The minimum atomic E-state index is -0.487. The van der Waals surface area contributed by atoms with Gasteiger partial charge in [0.25, 0.3) is 0 Å². The van der Waals surface area contributed by atoms with Gasteiger partial charge in [0.1, 0.15) is 5.76 Å². The molecule has 1 saturated heterocycles. The molecule has 4 N–H and O–H groups in total. The number of nitrogens with zero attached hydrogens (tertiary/aromatic N) is 3. The van der Waals surface area contributed by atoms with Gasteiger partial charge in [-0.05, 0) is 37.0 Å². The predicted molar refractivity (Wildman–Crippen MR) is 145 cm³/mol. The van der Waals surface area contributed by atoms with Crippen molar-refractivity contribution in [3.8, 4) is 0 Å². The minimum absolute atomic E-state index is 0.0875. The van der Waals surface area contributed by atoms with Gasteiger partial charge in [0.15, 0.2) is 0 Å². The van der Waals surface area contributed by atoms with Crippen LogP contribution in [0.2, 0.25) is 0 Å². The molecule has 36 heavy (non-hydrogen) atoms. The molecule has 1 aromatic carbocycles. The second kappa shape index (κ2) is 10.3. The van der Waals surface area contributed by atoms with Crippen LogP contribution < -0.4 is 16.0 Å². The summed E-state index contributed by atoms with van der Waals surface area (Å²) < 4.78 is 6.21. The topological polar surface area (TPSA) is 96.0 Å². The number of rotatable bonds is 7. The molecule has 188 valence electrons. The molecule has 0 amide bonds. The molecule has 3 aliphatic rings. The third kappa shape index (κ3) is 5.08. The Morgan fingerprint density at radius 1 is 1.28 bits per heavy atom. The number of nitrogens with one attached hydrogen (secondary N) is 1. The Kier molecular flexibility index (Phi) is 6.94. The maximum absolute atomic E-state index is 10.2. The number of aliphatic imine (C=N–C) groups is 1. The maximum Gasteiger partial charge on any atom is 0.226 e. The fourth-order valence-electron chi connectivity index (χ4n) is 5.16. The van der Waals surface area contributed by atoms with Crippen LogP contribution in [0.5, 0.6) is 0 Å². The molecule has 1 saturated carbocycles. The highest BCUT2D eigenvalue weighted by molar-refractivity contribution is 6.00. The summed E-state index contributed by atoms with van der Waals surface area (Å²) in [4.78, 5) is 11.2. The first-order valence-corrected chi connectivity index (χ1v) is 12.7. The third-order valence-electron chi connectivity index (χ3n) is 7.30. The van der Waals surface area contributed by atoms with Gasteiger partial charge in [-0.3, -0.25) is 4.98 Å². The fraction of sp³-hybridized carbons (Fsp3) is 0.379. The summed E-state index contributed by atoms with van der Waals surface area (Å²) in [5, 5.41) is 13.7. The van der Waals surface area contributed by atoms with Crippen LogP contribution in [-0.2, 0) is 4.74 Å². The van der Waals surface area contributed by atoms with Crippen LogP contribution in [0.1, 0.15) is 31.7 Å². The smallest absolute Gasteiger partial charge is 0.226 e. The lowest BCUT2D eigenvalue weighted by Crippen LogP contribution is -2.55. The molecule has 3 heterocycles. The van der Waals surface area contributed by atoms with Crippen molar-refractivity contribution in [2.45, 2.75) is 38.3 Å². The molecule has 2 fully saturated rings. The average molecular weight is 486 g/mol. The van der Waals surface area contributed by atoms with Crippen molar-refractivity contribution >= 4 is 17.3 Å². The van der Waals surface area contributed by atoms with Crippen LogP contribution >= 0.6 is 0 Å². The van der Waals surface area contributed by atoms with E-state index in [1.165, 1.54) is 5.56 Å². The molecule has 1 aliphatic carbocycles. The van der Waals surface area contributed by atoms with Gasteiger partial charge in [-0.1, -0.05) is 49.9 Å². The van der Waals surface area contributed by atoms with E-state index in [1.807, 2.05) is 26.0 Å². The first-order valence-electron chi connectivity index (χ1n) is 12.7. The summed E-state index contributed by atoms with van der Waals surface area (Å²) in [5.74, 6) is 2.59. The first kappa shape index (κ1) is 24.3. The molecule has 2 aromatic rings. The molecule has 0 radical (unpaired) electrons. The van der Waals surface area contributed by atoms with Crippen LogP contribution in [0.15, 0.2) is 89.5 Å². The van der Waals surface area contributed by atoms with E-state index in [4.69, 9.17) is 15.5 Å². The summed E-state index contributed by atoms with van der Waals surface area (Å²) in [5.41, 5.74) is 11.1. The van der Waals surface area contributed by atoms with Crippen molar-refractivity contribution in [1.29, 1.82) is 0 Å². The number of piperidine rings is 1. The molecule has 5 atom stereocenters. The molecule has 5 rings (SSSR count). The standard InChI is InChI=1S/C29H35N5O2/c1-4-20-12-27(23-13-22(23)21-8-6-5-7-9-21)36-29(20)33-19(3)14-32-25-15-31-11-10-26(25)34-16-18(2)28(35)24(30)17-34/h4-12,15,18,22-24,28,32,35H,3,13-14,16-17,30H2,1-2H3/b20-4-,33-29+/t18-,22-,23+,24+,28+/m0/s1. The number of aromatic nitrogens is 1. The molecule has 1 aromatic heterocycles. The quantitative estimate of drug-likeness (QED) is 0.544. The monoisotopic (exact) mass is 485 g/mol. The minimum Gasteiger partial charge on any atom is -0.442 e. The lowest BCUT2D eigenvalue weighted by atomic mass is 9.92. The Bertz CT molecular complexity index is 1190. The summed E-state index contributed by atoms with van der Waals surface area (Å²) in [7, 11) is 0. The Balaban J connectivity index is 1.22. The van der Waals surface area contributed by atoms with Crippen molar-refractivity contribution in [2.75, 3.05) is 29.9 Å². The third-order valence-corrected chi connectivity index (χ3v) is 7.30. The predicted octanol–water partition coefficient (Wildman–Crippen LogP) is 4.21. The van der Waals surface area contributed by atoms with E-state index in [-0.39, 0.29) is 12.0 Å². The van der Waals surface area contributed by atoms with E-state index in [9.17, 15) is 5.11 Å². The van der Waals surface area contributed by atoms with E-state index < -0.39 is 6.10 Å². The SMILES string of the molecule is C=C(CNc1cnccc1N1C[C@@H](N)[C@H](O)[C@@H](C)C1)/N=C1/OC([C@@H]2C[C@H]2c2ccccc2)=C/C1=C/C. The highest BCUT2D eigenvalue weighted by Crippen LogP contribution is 2.53. The van der Waals surface area contributed by atoms with Gasteiger partial charge in [-0.25, -0.2) is 4.99 Å². The summed E-state index contributed by atoms with van der Waals surface area (Å²) in [6, 6.07) is 12.3. The highest BCUT2D eigenvalue weighted by Gasteiger charge is 2.44. The summed E-state index contributed by atoms with van der Waals surface area (Å²) >= 11 is 0. The van der Waals surface area contributed by atoms with E-state index in [2.05, 4.69) is 58.2 Å². The molecular formula is C29H35N5O2. The molecule has 7 heteroatoms. The number of benzene rings is 1. The van der Waals surface area contributed by atoms with Crippen LogP contribution in [0.3, 0.4) is 0 Å². The summed E-state index contributed by atoms with van der Waals surface area (Å²) in [6.07, 6.45) is 8.33. The van der Waals surface area contributed by atoms with Crippen molar-refractivity contribution < 1.29 is 9.84 Å². The van der Waals surface area contributed by atoms with Crippen LogP contribution in [0.4, 0.5) is 11.4 Å². The molecule has 7 nitrogen and oxygen atoms in total. The van der Waals surface area contributed by atoms with Crippen molar-refractivity contribution in [3.63, 3.8) is 0 Å². The Labute approximate surface area is 213 Å². The zero-order valence-electron chi connectivity index (χ0n) is 21.0. The molecule has 0 unspecified atom stereocenters. The number of hydrogen-bond donors (Lipinski definition) is 3. The molecular weight excluding hydrogens is 450 g/mol. The van der Waals surface area contributed by atoms with Gasteiger partial charge in [0.2, 0.25) is 5.90 Å². The Morgan fingerprint density at radius 2 is 2.08 bits per heavy atom. The molecule has 0 spiro atoms. The van der Waals surface area contributed by atoms with E-state index in [1.54, 1.807) is 12.4 Å². The number of anilines is 2. The van der Waals surface area contributed by atoms with Crippen molar-refractivity contribution in [1.82, 2.24) is 4.98 Å². The second-order valence-electron chi connectivity index (χ2n) is 10.0. The Hall–Kier alpha value is -3.42. The van der Waals surface area contributed by atoms with Crippen molar-refractivity contribution in [3.05, 3.63) is 90.1 Å². The Morgan fingerprint density at radius 3 is 2.83 bits per heavy atom. The number of aliphatic hydroxyl groups excluding tert-OH is 1.